The maximum atomic E-state index is 13.0. The predicted octanol–water partition coefficient (Wildman–Crippen LogP) is 3.08. The Morgan fingerprint density at radius 1 is 1.00 bits per heavy atom. The van der Waals surface area contributed by atoms with E-state index in [1.54, 1.807) is 29.2 Å². The zero-order chi connectivity index (χ0) is 18.5. The van der Waals surface area contributed by atoms with Crippen LogP contribution in [0.15, 0.2) is 48.5 Å². The molecule has 1 heterocycles. The van der Waals surface area contributed by atoms with E-state index in [2.05, 4.69) is 4.90 Å². The van der Waals surface area contributed by atoms with Crippen LogP contribution < -0.4 is 4.90 Å². The molecule has 1 saturated heterocycles. The van der Waals surface area contributed by atoms with E-state index >= 15 is 0 Å². The lowest BCUT2D eigenvalue weighted by molar-refractivity contribution is -0.128. The van der Waals surface area contributed by atoms with Crippen molar-refractivity contribution in [2.75, 3.05) is 36.8 Å². The van der Waals surface area contributed by atoms with Gasteiger partial charge >= 0.3 is 0 Å². The molecule has 1 fully saturated rings. The molecule has 0 aliphatic carbocycles. The van der Waals surface area contributed by atoms with Crippen molar-refractivity contribution >= 4 is 34.0 Å². The van der Waals surface area contributed by atoms with Crippen LogP contribution in [0.2, 0.25) is 5.02 Å². The van der Waals surface area contributed by atoms with Gasteiger partial charge in [0.15, 0.2) is 0 Å². The molecule has 0 spiro atoms. The van der Waals surface area contributed by atoms with E-state index in [1.165, 1.54) is 12.1 Å². The Morgan fingerprint density at radius 2 is 1.62 bits per heavy atom. The quantitative estimate of drug-likeness (QED) is 0.782. The summed E-state index contributed by atoms with van der Waals surface area (Å²) < 4.78 is 25.3. The lowest BCUT2D eigenvalue weighted by Gasteiger charge is -2.36. The van der Waals surface area contributed by atoms with Gasteiger partial charge in [0.2, 0.25) is 5.91 Å². The molecule has 138 valence electrons. The molecular formula is C19H20ClFN2O2S. The largest absolute Gasteiger partial charge is 0.368 e. The standard InChI is InChI=1S/C19H20ClFN2O2S/c20-16-3-1-15(2-4-16)13-26(25)14-19(24)23-11-9-22(10-12-23)18-7-5-17(21)6-8-18/h1-8H,9-14H2. The summed E-state index contributed by atoms with van der Waals surface area (Å²) in [4.78, 5) is 16.3. The molecule has 1 atom stereocenters. The van der Waals surface area contributed by atoms with Crippen molar-refractivity contribution in [3.05, 3.63) is 64.9 Å². The maximum absolute atomic E-state index is 13.0. The van der Waals surface area contributed by atoms with E-state index in [0.717, 1.165) is 11.3 Å². The van der Waals surface area contributed by atoms with E-state index < -0.39 is 10.8 Å². The van der Waals surface area contributed by atoms with E-state index in [-0.39, 0.29) is 17.5 Å². The molecule has 1 amide bonds. The third-order valence-electron chi connectivity index (χ3n) is 4.35. The molecular weight excluding hydrogens is 375 g/mol. The molecule has 2 aromatic rings. The van der Waals surface area contributed by atoms with Crippen LogP contribution in [0.5, 0.6) is 0 Å². The molecule has 1 aliphatic rings. The van der Waals surface area contributed by atoms with Gasteiger partial charge in [0.1, 0.15) is 11.6 Å². The normalized spacial score (nSPS) is 15.8. The Balaban J connectivity index is 1.48. The van der Waals surface area contributed by atoms with Crippen LogP contribution in [-0.4, -0.2) is 46.9 Å². The molecule has 1 unspecified atom stereocenters. The van der Waals surface area contributed by atoms with Gasteiger partial charge in [-0.1, -0.05) is 23.7 Å². The summed E-state index contributed by atoms with van der Waals surface area (Å²) in [5.74, 6) is 0.0271. The second-order valence-corrected chi connectivity index (χ2v) is 8.09. The lowest BCUT2D eigenvalue weighted by Crippen LogP contribution is -2.50. The average molecular weight is 395 g/mol. The summed E-state index contributed by atoms with van der Waals surface area (Å²) in [6, 6.07) is 13.5. The number of piperazine rings is 1. The van der Waals surface area contributed by atoms with Crippen LogP contribution in [0.1, 0.15) is 5.56 Å². The van der Waals surface area contributed by atoms with Gasteiger partial charge in [-0.25, -0.2) is 4.39 Å². The third kappa shape index (κ3) is 5.05. The number of hydrogen-bond donors (Lipinski definition) is 0. The summed E-state index contributed by atoms with van der Waals surface area (Å²) in [5.41, 5.74) is 1.85. The minimum Gasteiger partial charge on any atom is -0.368 e. The number of carbonyl (C=O) groups is 1. The molecule has 3 rings (SSSR count). The summed E-state index contributed by atoms with van der Waals surface area (Å²) in [6.45, 7) is 2.52. The van der Waals surface area contributed by atoms with E-state index in [1.807, 2.05) is 12.1 Å². The van der Waals surface area contributed by atoms with Gasteiger partial charge in [-0.2, -0.15) is 0 Å². The molecule has 4 nitrogen and oxygen atoms in total. The molecule has 0 radical (unpaired) electrons. The first-order chi connectivity index (χ1) is 12.5. The second kappa shape index (κ2) is 8.64. The van der Waals surface area contributed by atoms with Crippen molar-refractivity contribution in [3.63, 3.8) is 0 Å². The number of rotatable bonds is 5. The molecule has 0 N–H and O–H groups in total. The Morgan fingerprint density at radius 3 is 2.23 bits per heavy atom. The van der Waals surface area contributed by atoms with Crippen LogP contribution in [0, 0.1) is 5.82 Å². The molecule has 1 aliphatic heterocycles. The number of benzene rings is 2. The minimum absolute atomic E-state index is 0.0270. The number of carbonyl (C=O) groups excluding carboxylic acids is 1. The van der Waals surface area contributed by atoms with Gasteiger partial charge in [-0.3, -0.25) is 9.00 Å². The van der Waals surface area contributed by atoms with E-state index in [0.29, 0.717) is 37.0 Å². The Labute approximate surface area is 160 Å². The average Bonchev–Trinajstić information content (AvgIpc) is 2.64. The van der Waals surface area contributed by atoms with Crippen LogP contribution in [0.3, 0.4) is 0 Å². The molecule has 0 bridgehead atoms. The Kier molecular flexibility index (Phi) is 6.27. The van der Waals surface area contributed by atoms with Crippen LogP contribution >= 0.6 is 11.6 Å². The highest BCUT2D eigenvalue weighted by atomic mass is 35.5. The van der Waals surface area contributed by atoms with Crippen molar-refractivity contribution in [3.8, 4) is 0 Å². The zero-order valence-electron chi connectivity index (χ0n) is 14.2. The van der Waals surface area contributed by atoms with E-state index in [4.69, 9.17) is 11.6 Å². The number of amides is 1. The van der Waals surface area contributed by atoms with Crippen LogP contribution in [-0.2, 0) is 21.3 Å². The summed E-state index contributed by atoms with van der Waals surface area (Å²) in [5, 5.41) is 0.634. The first-order valence-electron chi connectivity index (χ1n) is 8.39. The van der Waals surface area contributed by atoms with Crippen molar-refractivity contribution in [1.82, 2.24) is 4.90 Å². The fourth-order valence-electron chi connectivity index (χ4n) is 2.91. The first kappa shape index (κ1) is 18.9. The fourth-order valence-corrected chi connectivity index (χ4v) is 4.16. The van der Waals surface area contributed by atoms with Gasteiger partial charge in [-0.15, -0.1) is 0 Å². The van der Waals surface area contributed by atoms with Crippen LogP contribution in [0.25, 0.3) is 0 Å². The highest BCUT2D eigenvalue weighted by Gasteiger charge is 2.22. The van der Waals surface area contributed by atoms with Gasteiger partial charge in [0.05, 0.1) is 0 Å². The van der Waals surface area contributed by atoms with Gasteiger partial charge < -0.3 is 9.80 Å². The molecule has 26 heavy (non-hydrogen) atoms. The molecule has 0 aromatic heterocycles. The predicted molar refractivity (Wildman–Crippen MR) is 103 cm³/mol. The van der Waals surface area contributed by atoms with Crippen molar-refractivity contribution in [2.24, 2.45) is 0 Å². The SMILES string of the molecule is O=C(CS(=O)Cc1ccc(Cl)cc1)N1CCN(c2ccc(F)cc2)CC1. The van der Waals surface area contributed by atoms with Crippen molar-refractivity contribution in [1.29, 1.82) is 0 Å². The van der Waals surface area contributed by atoms with Crippen LogP contribution in [0.4, 0.5) is 10.1 Å². The topological polar surface area (TPSA) is 40.6 Å². The molecule has 2 aromatic carbocycles. The number of anilines is 1. The van der Waals surface area contributed by atoms with Gasteiger partial charge in [-0.05, 0) is 42.0 Å². The lowest BCUT2D eigenvalue weighted by atomic mass is 10.2. The summed E-state index contributed by atoms with van der Waals surface area (Å²) in [7, 11) is -1.25. The highest BCUT2D eigenvalue weighted by molar-refractivity contribution is 7.84. The number of hydrogen-bond acceptors (Lipinski definition) is 3. The monoisotopic (exact) mass is 394 g/mol. The van der Waals surface area contributed by atoms with Gasteiger partial charge in [0.25, 0.3) is 0 Å². The Hall–Kier alpha value is -1.92. The Bertz CT molecular complexity index is 775. The first-order valence-corrected chi connectivity index (χ1v) is 10.3. The highest BCUT2D eigenvalue weighted by Crippen LogP contribution is 2.17. The summed E-state index contributed by atoms with van der Waals surface area (Å²) >= 11 is 5.84. The zero-order valence-corrected chi connectivity index (χ0v) is 15.8. The van der Waals surface area contributed by atoms with Crippen molar-refractivity contribution in [2.45, 2.75) is 5.75 Å². The number of halogens is 2. The maximum Gasteiger partial charge on any atom is 0.235 e. The minimum atomic E-state index is -1.25. The number of nitrogens with zero attached hydrogens (tertiary/aromatic N) is 2. The second-order valence-electron chi connectivity index (χ2n) is 6.20. The third-order valence-corrected chi connectivity index (χ3v) is 5.83. The molecule has 0 saturated carbocycles. The molecule has 7 heteroatoms. The van der Waals surface area contributed by atoms with Gasteiger partial charge in [0, 0.05) is 53.4 Å². The van der Waals surface area contributed by atoms with E-state index in [9.17, 15) is 13.4 Å². The smallest absolute Gasteiger partial charge is 0.235 e. The van der Waals surface area contributed by atoms with Crippen molar-refractivity contribution < 1.29 is 13.4 Å². The summed E-state index contributed by atoms with van der Waals surface area (Å²) in [6.07, 6.45) is 0. The fraction of sp³-hybridized carbons (Fsp3) is 0.316.